The van der Waals surface area contributed by atoms with Crippen LogP contribution in [0.3, 0.4) is 0 Å². The van der Waals surface area contributed by atoms with Crippen LogP contribution in [0.1, 0.15) is 26.2 Å². The maximum atomic E-state index is 11.6. The summed E-state index contributed by atoms with van der Waals surface area (Å²) in [6, 6.07) is 7.95. The smallest absolute Gasteiger partial charge is 0.307 e. The average Bonchev–Trinajstić information content (AvgIpc) is 2.46. The molecule has 4 nitrogen and oxygen atoms in total. The molecule has 2 rings (SSSR count). The summed E-state index contributed by atoms with van der Waals surface area (Å²) < 4.78 is 10.3. The summed E-state index contributed by atoms with van der Waals surface area (Å²) in [5, 5.41) is 0. The predicted octanol–water partition coefficient (Wildman–Crippen LogP) is 3.18. The molecule has 1 aromatic rings. The first-order chi connectivity index (χ1) is 10.2. The van der Waals surface area contributed by atoms with Gasteiger partial charge in [0.15, 0.2) is 0 Å². The number of carbonyl (C=O) groups excluding carboxylic acids is 1. The molecule has 114 valence electrons. The molecule has 0 saturated carbocycles. The van der Waals surface area contributed by atoms with Crippen molar-refractivity contribution in [3.8, 4) is 5.75 Å². The number of benzene rings is 1. The van der Waals surface area contributed by atoms with E-state index in [1.807, 2.05) is 31.2 Å². The van der Waals surface area contributed by atoms with Crippen LogP contribution in [0.25, 0.3) is 0 Å². The van der Waals surface area contributed by atoms with E-state index in [0.29, 0.717) is 19.6 Å². The van der Waals surface area contributed by atoms with Crippen molar-refractivity contribution in [1.29, 1.82) is 0 Å². The molecule has 0 aliphatic heterocycles. The highest BCUT2D eigenvalue weighted by molar-refractivity contribution is 5.70. The quantitative estimate of drug-likeness (QED) is 0.544. The molecule has 0 spiro atoms. The molecule has 4 heteroatoms. The molecule has 0 unspecified atom stereocenters. The molecule has 0 heterocycles. The Morgan fingerprint density at radius 3 is 2.81 bits per heavy atom. The fourth-order valence-corrected chi connectivity index (χ4v) is 2.30. The summed E-state index contributed by atoms with van der Waals surface area (Å²) in [7, 11) is 1.66. The summed E-state index contributed by atoms with van der Waals surface area (Å²) >= 11 is 0. The Morgan fingerprint density at radius 2 is 2.19 bits per heavy atom. The zero-order chi connectivity index (χ0) is 15.1. The average molecular weight is 289 g/mol. The number of hydrogen-bond donors (Lipinski definition) is 0. The molecular formula is C17H23NO3. The van der Waals surface area contributed by atoms with Gasteiger partial charge in [-0.15, -0.1) is 0 Å². The van der Waals surface area contributed by atoms with E-state index in [4.69, 9.17) is 9.47 Å². The number of ether oxygens (including phenoxy) is 2. The summed E-state index contributed by atoms with van der Waals surface area (Å²) in [6.07, 6.45) is 4.98. The van der Waals surface area contributed by atoms with E-state index in [9.17, 15) is 4.79 Å². The second-order valence-electron chi connectivity index (χ2n) is 5.08. The van der Waals surface area contributed by atoms with Crippen LogP contribution in [0.4, 0.5) is 5.69 Å². The standard InChI is InChI=1S/C17H23NO3/c1-3-21-17(19)10-11-18(13-14-6-4-7-14)15-8-5-9-16(12-15)20-2/h5-6,8-9,12H,3-4,7,10-11,13H2,1-2H3. The van der Waals surface area contributed by atoms with E-state index in [0.717, 1.165) is 24.4 Å². The largest absolute Gasteiger partial charge is 0.497 e. The lowest BCUT2D eigenvalue weighted by atomic mass is 9.98. The zero-order valence-corrected chi connectivity index (χ0v) is 12.8. The van der Waals surface area contributed by atoms with Gasteiger partial charge < -0.3 is 14.4 Å². The third kappa shape index (κ3) is 4.52. The van der Waals surface area contributed by atoms with Gasteiger partial charge in [0.1, 0.15) is 5.75 Å². The van der Waals surface area contributed by atoms with Gasteiger partial charge in [-0.2, -0.15) is 0 Å². The van der Waals surface area contributed by atoms with E-state index in [1.165, 1.54) is 12.0 Å². The Morgan fingerprint density at radius 1 is 1.38 bits per heavy atom. The monoisotopic (exact) mass is 289 g/mol. The molecule has 0 N–H and O–H groups in total. The van der Waals surface area contributed by atoms with Gasteiger partial charge in [-0.25, -0.2) is 0 Å². The minimum Gasteiger partial charge on any atom is -0.497 e. The van der Waals surface area contributed by atoms with E-state index in [1.54, 1.807) is 7.11 Å². The highest BCUT2D eigenvalue weighted by Crippen LogP contribution is 2.25. The molecular weight excluding hydrogens is 266 g/mol. The van der Waals surface area contributed by atoms with Crippen molar-refractivity contribution >= 4 is 11.7 Å². The van der Waals surface area contributed by atoms with E-state index >= 15 is 0 Å². The minimum absolute atomic E-state index is 0.145. The molecule has 0 radical (unpaired) electrons. The van der Waals surface area contributed by atoms with Gasteiger partial charge in [-0.05, 0) is 31.9 Å². The zero-order valence-electron chi connectivity index (χ0n) is 12.8. The second kappa shape index (κ2) is 7.72. The first-order valence-electron chi connectivity index (χ1n) is 7.45. The Labute approximate surface area is 126 Å². The molecule has 0 amide bonds. The maximum absolute atomic E-state index is 11.6. The number of methoxy groups -OCH3 is 1. The van der Waals surface area contributed by atoms with Crippen LogP contribution in [0.15, 0.2) is 35.9 Å². The first kappa shape index (κ1) is 15.4. The third-order valence-corrected chi connectivity index (χ3v) is 3.60. The number of rotatable bonds is 8. The van der Waals surface area contributed by atoms with Gasteiger partial charge in [0.2, 0.25) is 0 Å². The molecule has 1 aliphatic carbocycles. The van der Waals surface area contributed by atoms with Crippen LogP contribution < -0.4 is 9.64 Å². The number of hydrogen-bond acceptors (Lipinski definition) is 4. The lowest BCUT2D eigenvalue weighted by Gasteiger charge is -2.28. The lowest BCUT2D eigenvalue weighted by Crippen LogP contribution is -2.29. The van der Waals surface area contributed by atoms with Crippen LogP contribution in [0.5, 0.6) is 5.75 Å². The highest BCUT2D eigenvalue weighted by Gasteiger charge is 2.15. The summed E-state index contributed by atoms with van der Waals surface area (Å²) in [5.41, 5.74) is 2.51. The predicted molar refractivity (Wildman–Crippen MR) is 83.8 cm³/mol. The second-order valence-corrected chi connectivity index (χ2v) is 5.08. The van der Waals surface area contributed by atoms with E-state index in [-0.39, 0.29) is 5.97 Å². The lowest BCUT2D eigenvalue weighted by molar-refractivity contribution is -0.142. The molecule has 0 fully saturated rings. The number of allylic oxidation sites excluding steroid dienone is 1. The normalized spacial score (nSPS) is 13.1. The summed E-state index contributed by atoms with van der Waals surface area (Å²) in [5.74, 6) is 0.684. The Kier molecular flexibility index (Phi) is 5.67. The van der Waals surface area contributed by atoms with Gasteiger partial charge in [-0.1, -0.05) is 17.7 Å². The van der Waals surface area contributed by atoms with Crippen LogP contribution in [0.2, 0.25) is 0 Å². The molecule has 1 aliphatic rings. The van der Waals surface area contributed by atoms with Crippen molar-refractivity contribution in [3.63, 3.8) is 0 Å². The fraction of sp³-hybridized carbons (Fsp3) is 0.471. The fourth-order valence-electron chi connectivity index (χ4n) is 2.30. The number of anilines is 1. The number of carbonyl (C=O) groups is 1. The van der Waals surface area contributed by atoms with Crippen LogP contribution in [0, 0.1) is 0 Å². The van der Waals surface area contributed by atoms with Crippen LogP contribution >= 0.6 is 0 Å². The van der Waals surface area contributed by atoms with Gasteiger partial charge in [0.25, 0.3) is 0 Å². The molecule has 21 heavy (non-hydrogen) atoms. The van der Waals surface area contributed by atoms with Crippen molar-refractivity contribution in [2.75, 3.05) is 31.7 Å². The van der Waals surface area contributed by atoms with Gasteiger partial charge in [-0.3, -0.25) is 4.79 Å². The summed E-state index contributed by atoms with van der Waals surface area (Å²) in [6.45, 7) is 3.79. The SMILES string of the molecule is CCOC(=O)CCN(CC1=CCC1)c1cccc(OC)c1. The molecule has 1 aromatic carbocycles. The molecule has 0 atom stereocenters. The van der Waals surface area contributed by atoms with Crippen LogP contribution in [-0.2, 0) is 9.53 Å². The van der Waals surface area contributed by atoms with Crippen molar-refractivity contribution in [2.24, 2.45) is 0 Å². The van der Waals surface area contributed by atoms with E-state index < -0.39 is 0 Å². The molecule has 0 bridgehead atoms. The topological polar surface area (TPSA) is 38.8 Å². The Bertz CT molecular complexity index is 511. The minimum atomic E-state index is -0.145. The summed E-state index contributed by atoms with van der Waals surface area (Å²) in [4.78, 5) is 13.8. The van der Waals surface area contributed by atoms with Crippen molar-refractivity contribution < 1.29 is 14.3 Å². The highest BCUT2D eigenvalue weighted by atomic mass is 16.5. The van der Waals surface area contributed by atoms with Crippen molar-refractivity contribution in [1.82, 2.24) is 0 Å². The number of esters is 1. The molecule has 0 saturated heterocycles. The van der Waals surface area contributed by atoms with Gasteiger partial charge in [0, 0.05) is 24.8 Å². The third-order valence-electron chi connectivity index (χ3n) is 3.60. The maximum Gasteiger partial charge on any atom is 0.307 e. The number of nitrogens with zero attached hydrogens (tertiary/aromatic N) is 1. The van der Waals surface area contributed by atoms with E-state index in [2.05, 4.69) is 11.0 Å². The van der Waals surface area contributed by atoms with Gasteiger partial charge >= 0.3 is 5.97 Å². The van der Waals surface area contributed by atoms with Gasteiger partial charge in [0.05, 0.1) is 20.1 Å². The first-order valence-corrected chi connectivity index (χ1v) is 7.45. The Hall–Kier alpha value is -1.97. The van der Waals surface area contributed by atoms with Crippen LogP contribution in [-0.4, -0.2) is 32.8 Å². The van der Waals surface area contributed by atoms with Crippen molar-refractivity contribution in [3.05, 3.63) is 35.9 Å². The molecule has 0 aromatic heterocycles. The Balaban J connectivity index is 2.04. The van der Waals surface area contributed by atoms with Crippen molar-refractivity contribution in [2.45, 2.75) is 26.2 Å².